The van der Waals surface area contributed by atoms with Gasteiger partial charge in [-0.1, -0.05) is 5.92 Å². The highest BCUT2D eigenvalue weighted by molar-refractivity contribution is 6.36. The van der Waals surface area contributed by atoms with Crippen LogP contribution in [0.4, 0.5) is 10.1 Å². The van der Waals surface area contributed by atoms with Crippen LogP contribution < -0.4 is 16.0 Å². The molecular formula is C26H30ClFN4O2. The number of aromatic amines is 1. The summed E-state index contributed by atoms with van der Waals surface area (Å²) in [5.74, 6) is 1.14. The molecule has 1 aliphatic heterocycles. The molecule has 0 bridgehead atoms. The fourth-order valence-corrected chi connectivity index (χ4v) is 4.77. The summed E-state index contributed by atoms with van der Waals surface area (Å²) in [4.78, 5) is 30.9. The lowest BCUT2D eigenvalue weighted by atomic mass is 9.86. The lowest BCUT2D eigenvalue weighted by molar-refractivity contribution is -0.113. The Labute approximate surface area is 205 Å². The Bertz CT molecular complexity index is 1170. The number of aromatic nitrogens is 1. The number of nitrogens with one attached hydrogen (secondary N) is 2. The lowest BCUT2D eigenvalue weighted by Gasteiger charge is -2.29. The van der Waals surface area contributed by atoms with Crippen LogP contribution >= 0.6 is 12.4 Å². The summed E-state index contributed by atoms with van der Waals surface area (Å²) in [6.45, 7) is 4.40. The number of terminal acetylenes is 1. The number of nitrogens with two attached hydrogens (primary N) is 1. The highest BCUT2D eigenvalue weighted by Gasteiger charge is 2.36. The average Bonchev–Trinajstić information content (AvgIpc) is 3.23. The highest BCUT2D eigenvalue weighted by Crippen LogP contribution is 2.41. The average molecular weight is 485 g/mol. The first-order chi connectivity index (χ1) is 15.8. The SMILES string of the molecule is C#CCNC(=O)c1cc2c(cc1F)N(CC1CCC(N)CC1)C(=O)/C2=C\c1[nH]c(C)cc1C.Cl. The zero-order valence-electron chi connectivity index (χ0n) is 19.4. The van der Waals surface area contributed by atoms with Crippen molar-refractivity contribution in [2.75, 3.05) is 18.0 Å². The van der Waals surface area contributed by atoms with Gasteiger partial charge >= 0.3 is 0 Å². The molecule has 34 heavy (non-hydrogen) atoms. The number of fused-ring (bicyclic) bond motifs is 1. The van der Waals surface area contributed by atoms with Crippen LogP contribution in [0.5, 0.6) is 0 Å². The molecule has 0 spiro atoms. The number of benzene rings is 1. The molecule has 0 atom stereocenters. The molecule has 180 valence electrons. The quantitative estimate of drug-likeness (QED) is 0.443. The van der Waals surface area contributed by atoms with Crippen molar-refractivity contribution >= 4 is 41.6 Å². The molecule has 1 aromatic carbocycles. The molecule has 1 saturated carbocycles. The highest BCUT2D eigenvalue weighted by atomic mass is 35.5. The predicted molar refractivity (Wildman–Crippen MR) is 135 cm³/mol. The molecule has 2 amide bonds. The largest absolute Gasteiger partial charge is 0.359 e. The molecule has 4 rings (SSSR count). The van der Waals surface area contributed by atoms with Gasteiger partial charge in [0.1, 0.15) is 5.82 Å². The first-order valence-corrected chi connectivity index (χ1v) is 11.3. The van der Waals surface area contributed by atoms with Crippen molar-refractivity contribution < 1.29 is 14.0 Å². The third-order valence-corrected chi connectivity index (χ3v) is 6.55. The number of halogens is 2. The van der Waals surface area contributed by atoms with E-state index in [0.29, 0.717) is 29.3 Å². The third-order valence-electron chi connectivity index (χ3n) is 6.55. The number of carbonyl (C=O) groups is 2. The Morgan fingerprint density at radius 1 is 1.29 bits per heavy atom. The Kier molecular flexibility index (Phi) is 7.86. The van der Waals surface area contributed by atoms with Crippen molar-refractivity contribution in [3.63, 3.8) is 0 Å². The van der Waals surface area contributed by atoms with E-state index in [1.165, 1.54) is 12.1 Å². The van der Waals surface area contributed by atoms with E-state index in [-0.39, 0.29) is 36.5 Å². The number of rotatable bonds is 5. The van der Waals surface area contributed by atoms with Crippen molar-refractivity contribution in [3.05, 3.63) is 52.1 Å². The summed E-state index contributed by atoms with van der Waals surface area (Å²) in [7, 11) is 0. The minimum atomic E-state index is -0.681. The van der Waals surface area contributed by atoms with E-state index in [1.54, 1.807) is 11.0 Å². The van der Waals surface area contributed by atoms with Crippen molar-refractivity contribution in [2.45, 2.75) is 45.6 Å². The van der Waals surface area contributed by atoms with Gasteiger partial charge in [-0.25, -0.2) is 4.39 Å². The molecule has 6 nitrogen and oxygen atoms in total. The standard InChI is InChI=1S/C26H29FN4O2.ClH/c1-4-9-29-25(32)21-11-19-20(12-23-15(2)10-16(3)30-23)26(33)31(24(19)13-22(21)27)14-17-5-7-18(28)8-6-17;/h1,10-13,17-18,30H,5-9,14,28H2,2-3H3,(H,29,32);1H/b20-12-;. The fraction of sp³-hybridized carbons (Fsp3) is 0.385. The number of hydrogen-bond acceptors (Lipinski definition) is 3. The number of carbonyl (C=O) groups excluding carboxylic acids is 2. The number of anilines is 1. The zero-order chi connectivity index (χ0) is 23.7. The Hall–Kier alpha value is -3.08. The van der Waals surface area contributed by atoms with E-state index >= 15 is 0 Å². The predicted octanol–water partition coefficient (Wildman–Crippen LogP) is 3.96. The summed E-state index contributed by atoms with van der Waals surface area (Å²) in [5, 5.41) is 2.50. The van der Waals surface area contributed by atoms with Crippen molar-refractivity contribution in [3.8, 4) is 12.3 Å². The molecule has 4 N–H and O–H groups in total. The summed E-state index contributed by atoms with van der Waals surface area (Å²) in [6, 6.07) is 4.96. The number of nitrogens with zero attached hydrogens (tertiary/aromatic N) is 1. The number of amides is 2. The maximum Gasteiger partial charge on any atom is 0.259 e. The molecule has 2 aromatic rings. The maximum atomic E-state index is 15.0. The maximum absolute atomic E-state index is 15.0. The van der Waals surface area contributed by atoms with Gasteiger partial charge in [-0.3, -0.25) is 9.59 Å². The van der Waals surface area contributed by atoms with Gasteiger partial charge in [0, 0.05) is 29.5 Å². The van der Waals surface area contributed by atoms with Crippen LogP contribution in [0.3, 0.4) is 0 Å². The number of aryl methyl sites for hydroxylation is 2. The van der Waals surface area contributed by atoms with Crippen LogP contribution in [-0.4, -0.2) is 35.9 Å². The van der Waals surface area contributed by atoms with Gasteiger partial charge in [-0.15, -0.1) is 18.8 Å². The van der Waals surface area contributed by atoms with Crippen LogP contribution in [0, 0.1) is 37.9 Å². The second-order valence-corrected chi connectivity index (χ2v) is 9.04. The summed E-state index contributed by atoms with van der Waals surface area (Å²) in [5.41, 5.74) is 10.2. The molecular weight excluding hydrogens is 455 g/mol. The molecule has 0 radical (unpaired) electrons. The summed E-state index contributed by atoms with van der Waals surface area (Å²) >= 11 is 0. The van der Waals surface area contributed by atoms with Gasteiger partial charge in [0.25, 0.3) is 11.8 Å². The third kappa shape index (κ3) is 5.03. The van der Waals surface area contributed by atoms with Crippen molar-refractivity contribution in [1.82, 2.24) is 10.3 Å². The first-order valence-electron chi connectivity index (χ1n) is 11.3. The normalized spacial score (nSPS) is 20.6. The summed E-state index contributed by atoms with van der Waals surface area (Å²) in [6.07, 6.45) is 10.7. The lowest BCUT2D eigenvalue weighted by Crippen LogP contribution is -2.36. The van der Waals surface area contributed by atoms with Crippen LogP contribution in [0.15, 0.2) is 18.2 Å². The molecule has 8 heteroatoms. The molecule has 2 heterocycles. The first kappa shape index (κ1) is 25.5. The van der Waals surface area contributed by atoms with E-state index in [9.17, 15) is 14.0 Å². The monoisotopic (exact) mass is 484 g/mol. The Morgan fingerprint density at radius 2 is 2.00 bits per heavy atom. The van der Waals surface area contributed by atoms with Crippen LogP contribution in [0.2, 0.25) is 0 Å². The van der Waals surface area contributed by atoms with Gasteiger partial charge in [0.05, 0.1) is 23.4 Å². The summed E-state index contributed by atoms with van der Waals surface area (Å²) < 4.78 is 15.0. The topological polar surface area (TPSA) is 91.2 Å². The molecule has 1 aliphatic carbocycles. The van der Waals surface area contributed by atoms with E-state index < -0.39 is 11.7 Å². The van der Waals surface area contributed by atoms with E-state index in [2.05, 4.69) is 16.2 Å². The van der Waals surface area contributed by atoms with E-state index in [0.717, 1.165) is 42.6 Å². The minimum Gasteiger partial charge on any atom is -0.359 e. The van der Waals surface area contributed by atoms with Crippen molar-refractivity contribution in [1.29, 1.82) is 0 Å². The Balaban J connectivity index is 0.00000324. The van der Waals surface area contributed by atoms with Crippen LogP contribution in [-0.2, 0) is 4.79 Å². The van der Waals surface area contributed by atoms with E-state index in [4.69, 9.17) is 12.2 Å². The number of H-pyrrole nitrogens is 1. The van der Waals surface area contributed by atoms with Gasteiger partial charge in [-0.05, 0) is 75.3 Å². The molecule has 0 saturated heterocycles. The van der Waals surface area contributed by atoms with E-state index in [1.807, 2.05) is 19.9 Å². The van der Waals surface area contributed by atoms with Gasteiger partial charge in [0.15, 0.2) is 0 Å². The molecule has 1 fully saturated rings. The zero-order valence-corrected chi connectivity index (χ0v) is 20.2. The van der Waals surface area contributed by atoms with Gasteiger partial charge in [0.2, 0.25) is 0 Å². The Morgan fingerprint density at radius 3 is 2.62 bits per heavy atom. The van der Waals surface area contributed by atoms with Crippen LogP contribution in [0.25, 0.3) is 11.6 Å². The number of hydrogen-bond donors (Lipinski definition) is 3. The molecule has 1 aromatic heterocycles. The second-order valence-electron chi connectivity index (χ2n) is 9.04. The van der Waals surface area contributed by atoms with Crippen molar-refractivity contribution in [2.24, 2.45) is 11.7 Å². The molecule has 2 aliphatic rings. The van der Waals surface area contributed by atoms with Crippen LogP contribution in [0.1, 0.15) is 58.6 Å². The second kappa shape index (κ2) is 10.5. The minimum absolute atomic E-state index is 0. The smallest absolute Gasteiger partial charge is 0.259 e. The van der Waals surface area contributed by atoms with Gasteiger partial charge < -0.3 is 20.9 Å². The fourth-order valence-electron chi connectivity index (χ4n) is 4.77. The van der Waals surface area contributed by atoms with Gasteiger partial charge in [-0.2, -0.15) is 0 Å². The molecule has 0 unspecified atom stereocenters.